The van der Waals surface area contributed by atoms with Gasteiger partial charge < -0.3 is 24.4 Å². The lowest BCUT2D eigenvalue weighted by atomic mass is 10.1. The van der Waals surface area contributed by atoms with E-state index in [1.807, 2.05) is 18.2 Å². The van der Waals surface area contributed by atoms with Crippen molar-refractivity contribution in [2.75, 3.05) is 30.7 Å². The SMILES string of the molecule is CN(C(=O)c1ccccc1C(=O)OCC(=O)Nc1ccc2c(c1)OCO2)c1ccccc1. The molecule has 4 rings (SSSR count). The van der Waals surface area contributed by atoms with Gasteiger partial charge in [0.2, 0.25) is 6.79 Å². The van der Waals surface area contributed by atoms with Crippen molar-refractivity contribution >= 4 is 29.2 Å². The molecule has 2 amide bonds. The third-order valence-corrected chi connectivity index (χ3v) is 4.82. The Kier molecular flexibility index (Phi) is 6.03. The molecule has 0 aromatic heterocycles. The number of ether oxygens (including phenoxy) is 3. The summed E-state index contributed by atoms with van der Waals surface area (Å²) in [4.78, 5) is 39.3. The second-order valence-corrected chi connectivity index (χ2v) is 6.94. The summed E-state index contributed by atoms with van der Waals surface area (Å²) in [6.45, 7) is -0.383. The zero-order valence-corrected chi connectivity index (χ0v) is 17.2. The zero-order valence-electron chi connectivity index (χ0n) is 17.2. The minimum absolute atomic E-state index is 0.0798. The van der Waals surface area contributed by atoms with Crippen LogP contribution in [0.1, 0.15) is 20.7 Å². The minimum Gasteiger partial charge on any atom is -0.454 e. The fraction of sp³-hybridized carbons (Fsp3) is 0.125. The molecule has 0 spiro atoms. The van der Waals surface area contributed by atoms with Crippen LogP contribution >= 0.6 is 0 Å². The van der Waals surface area contributed by atoms with Crippen molar-refractivity contribution in [1.82, 2.24) is 0 Å². The molecular formula is C24H20N2O6. The van der Waals surface area contributed by atoms with Crippen LogP contribution in [0.15, 0.2) is 72.8 Å². The van der Waals surface area contributed by atoms with E-state index in [4.69, 9.17) is 14.2 Å². The number of amides is 2. The molecule has 32 heavy (non-hydrogen) atoms. The molecule has 0 unspecified atom stereocenters. The Balaban J connectivity index is 1.40. The van der Waals surface area contributed by atoms with Crippen molar-refractivity contribution in [1.29, 1.82) is 0 Å². The van der Waals surface area contributed by atoms with Gasteiger partial charge in [0, 0.05) is 24.5 Å². The van der Waals surface area contributed by atoms with Crippen LogP contribution in [0.3, 0.4) is 0 Å². The smallest absolute Gasteiger partial charge is 0.339 e. The Morgan fingerprint density at radius 3 is 2.38 bits per heavy atom. The number of fused-ring (bicyclic) bond motifs is 1. The van der Waals surface area contributed by atoms with E-state index in [9.17, 15) is 14.4 Å². The number of carbonyl (C=O) groups excluding carboxylic acids is 3. The Morgan fingerprint density at radius 1 is 0.906 bits per heavy atom. The molecule has 3 aromatic carbocycles. The number of nitrogens with zero attached hydrogens (tertiary/aromatic N) is 1. The highest BCUT2D eigenvalue weighted by Gasteiger charge is 2.22. The number of hydrogen-bond acceptors (Lipinski definition) is 6. The van der Waals surface area contributed by atoms with Crippen LogP contribution < -0.4 is 19.7 Å². The molecule has 8 heteroatoms. The van der Waals surface area contributed by atoms with Gasteiger partial charge in [-0.25, -0.2) is 4.79 Å². The molecule has 1 aliphatic heterocycles. The fourth-order valence-electron chi connectivity index (χ4n) is 3.18. The van der Waals surface area contributed by atoms with E-state index >= 15 is 0 Å². The Morgan fingerprint density at radius 2 is 1.59 bits per heavy atom. The third-order valence-electron chi connectivity index (χ3n) is 4.82. The summed E-state index contributed by atoms with van der Waals surface area (Å²) in [7, 11) is 1.62. The lowest BCUT2D eigenvalue weighted by Gasteiger charge is -2.18. The second kappa shape index (κ2) is 9.22. The monoisotopic (exact) mass is 432 g/mol. The van der Waals surface area contributed by atoms with Crippen LogP contribution in [-0.2, 0) is 9.53 Å². The maximum atomic E-state index is 13.0. The first-order valence-corrected chi connectivity index (χ1v) is 9.81. The van der Waals surface area contributed by atoms with Gasteiger partial charge in [-0.2, -0.15) is 0 Å². The van der Waals surface area contributed by atoms with Gasteiger partial charge in [0.15, 0.2) is 18.1 Å². The number of nitrogens with one attached hydrogen (secondary N) is 1. The second-order valence-electron chi connectivity index (χ2n) is 6.94. The molecule has 1 N–H and O–H groups in total. The minimum atomic E-state index is -0.767. The van der Waals surface area contributed by atoms with Gasteiger partial charge in [-0.15, -0.1) is 0 Å². The van der Waals surface area contributed by atoms with Gasteiger partial charge in [-0.05, 0) is 36.4 Å². The van der Waals surface area contributed by atoms with Crippen molar-refractivity contribution in [2.45, 2.75) is 0 Å². The van der Waals surface area contributed by atoms with Gasteiger partial charge >= 0.3 is 5.97 Å². The topological polar surface area (TPSA) is 94.2 Å². The highest BCUT2D eigenvalue weighted by atomic mass is 16.7. The van der Waals surface area contributed by atoms with E-state index in [-0.39, 0.29) is 23.8 Å². The van der Waals surface area contributed by atoms with Crippen LogP contribution in [0.4, 0.5) is 11.4 Å². The molecule has 0 fully saturated rings. The van der Waals surface area contributed by atoms with Crippen LogP contribution in [0.25, 0.3) is 0 Å². The number of hydrogen-bond donors (Lipinski definition) is 1. The molecular weight excluding hydrogens is 412 g/mol. The summed E-state index contributed by atoms with van der Waals surface area (Å²) in [6.07, 6.45) is 0. The molecule has 3 aromatic rings. The molecule has 0 bridgehead atoms. The number of benzene rings is 3. The molecule has 8 nitrogen and oxygen atoms in total. The predicted molar refractivity (Wildman–Crippen MR) is 117 cm³/mol. The van der Waals surface area contributed by atoms with Gasteiger partial charge in [0.25, 0.3) is 11.8 Å². The number of esters is 1. The summed E-state index contributed by atoms with van der Waals surface area (Å²) in [5.74, 6) is -0.543. The maximum absolute atomic E-state index is 13.0. The number of rotatable bonds is 6. The average Bonchev–Trinajstić information content (AvgIpc) is 3.30. The molecule has 0 radical (unpaired) electrons. The maximum Gasteiger partial charge on any atom is 0.339 e. The molecule has 162 valence electrons. The molecule has 0 saturated carbocycles. The summed E-state index contributed by atoms with van der Waals surface area (Å²) < 4.78 is 15.6. The Labute approximate surface area is 184 Å². The van der Waals surface area contributed by atoms with Crippen molar-refractivity contribution in [2.24, 2.45) is 0 Å². The quantitative estimate of drug-likeness (QED) is 0.600. The van der Waals surface area contributed by atoms with E-state index in [0.717, 1.165) is 0 Å². The molecule has 1 aliphatic rings. The lowest BCUT2D eigenvalue weighted by molar-refractivity contribution is -0.119. The van der Waals surface area contributed by atoms with E-state index < -0.39 is 18.5 Å². The van der Waals surface area contributed by atoms with E-state index in [1.165, 1.54) is 11.0 Å². The molecule has 0 atom stereocenters. The van der Waals surface area contributed by atoms with Crippen molar-refractivity contribution in [3.8, 4) is 11.5 Å². The largest absolute Gasteiger partial charge is 0.454 e. The zero-order chi connectivity index (χ0) is 22.5. The normalized spacial score (nSPS) is 11.5. The molecule has 1 heterocycles. The van der Waals surface area contributed by atoms with Gasteiger partial charge in [0.05, 0.1) is 11.1 Å². The summed E-state index contributed by atoms with van der Waals surface area (Å²) in [5, 5.41) is 2.63. The Hall–Kier alpha value is -4.33. The first-order chi connectivity index (χ1) is 15.5. The first-order valence-electron chi connectivity index (χ1n) is 9.81. The van der Waals surface area contributed by atoms with Crippen LogP contribution in [0, 0.1) is 0 Å². The van der Waals surface area contributed by atoms with Crippen molar-refractivity contribution in [3.05, 3.63) is 83.9 Å². The van der Waals surface area contributed by atoms with Gasteiger partial charge in [0.1, 0.15) is 0 Å². The summed E-state index contributed by atoms with van der Waals surface area (Å²) >= 11 is 0. The molecule has 0 aliphatic carbocycles. The lowest BCUT2D eigenvalue weighted by Crippen LogP contribution is -2.28. The number of carbonyl (C=O) groups is 3. The van der Waals surface area contributed by atoms with Crippen LogP contribution in [0.5, 0.6) is 11.5 Å². The average molecular weight is 432 g/mol. The van der Waals surface area contributed by atoms with Crippen LogP contribution in [-0.4, -0.2) is 38.2 Å². The van der Waals surface area contributed by atoms with Crippen molar-refractivity contribution < 1.29 is 28.6 Å². The number of para-hydroxylation sites is 1. The first kappa shape index (κ1) is 20.9. The van der Waals surface area contributed by atoms with E-state index in [1.54, 1.807) is 55.6 Å². The Bertz CT molecular complexity index is 1160. The predicted octanol–water partition coefficient (Wildman–Crippen LogP) is 3.49. The summed E-state index contributed by atoms with van der Waals surface area (Å²) in [6, 6.07) is 20.3. The highest BCUT2D eigenvalue weighted by molar-refractivity contribution is 6.12. The van der Waals surface area contributed by atoms with E-state index in [2.05, 4.69) is 5.32 Å². The van der Waals surface area contributed by atoms with E-state index in [0.29, 0.717) is 22.9 Å². The van der Waals surface area contributed by atoms with Crippen molar-refractivity contribution in [3.63, 3.8) is 0 Å². The van der Waals surface area contributed by atoms with Gasteiger partial charge in [-0.3, -0.25) is 9.59 Å². The summed E-state index contributed by atoms with van der Waals surface area (Å²) in [5.41, 5.74) is 1.43. The highest BCUT2D eigenvalue weighted by Crippen LogP contribution is 2.34. The number of anilines is 2. The van der Waals surface area contributed by atoms with Crippen LogP contribution in [0.2, 0.25) is 0 Å². The third kappa shape index (κ3) is 4.54. The van der Waals surface area contributed by atoms with Gasteiger partial charge in [-0.1, -0.05) is 30.3 Å². The molecule has 0 saturated heterocycles. The standard InChI is InChI=1S/C24H20N2O6/c1-26(17-7-3-2-4-8-17)23(28)18-9-5-6-10-19(18)24(29)30-14-22(27)25-16-11-12-20-21(13-16)32-15-31-20/h2-13H,14-15H2,1H3,(H,25,27). The fourth-order valence-corrected chi connectivity index (χ4v) is 3.18.